The Morgan fingerprint density at radius 3 is 2.71 bits per heavy atom. The molecule has 0 amide bonds. The molecule has 0 spiro atoms. The maximum Gasteiger partial charge on any atom is 0.126 e. The molecular formula is C12H6Br2N2S. The first-order chi connectivity index (χ1) is 8.22. The molecule has 84 valence electrons. The summed E-state index contributed by atoms with van der Waals surface area (Å²) in [6.45, 7) is 0. The van der Waals surface area contributed by atoms with Crippen molar-refractivity contribution < 1.29 is 0 Å². The highest BCUT2D eigenvalue weighted by molar-refractivity contribution is 9.10. The summed E-state index contributed by atoms with van der Waals surface area (Å²) in [5.74, 6) is 0. The molecule has 0 bridgehead atoms. The van der Waals surface area contributed by atoms with Crippen LogP contribution in [-0.4, -0.2) is 9.97 Å². The molecule has 0 aliphatic carbocycles. The lowest BCUT2D eigenvalue weighted by Gasteiger charge is -1.94. The Bertz CT molecular complexity index is 694. The van der Waals surface area contributed by atoms with Gasteiger partial charge < -0.3 is 0 Å². The summed E-state index contributed by atoms with van der Waals surface area (Å²) >= 11 is 8.56. The zero-order chi connectivity index (χ0) is 11.8. The number of fused-ring (bicyclic) bond motifs is 1. The van der Waals surface area contributed by atoms with E-state index in [-0.39, 0.29) is 0 Å². The maximum absolute atomic E-state index is 4.60. The summed E-state index contributed by atoms with van der Waals surface area (Å²) in [6.07, 6.45) is 3.60. The van der Waals surface area contributed by atoms with E-state index in [1.54, 1.807) is 17.5 Å². The first-order valence-electron chi connectivity index (χ1n) is 4.89. The van der Waals surface area contributed by atoms with Gasteiger partial charge in [-0.3, -0.25) is 4.98 Å². The van der Waals surface area contributed by atoms with Gasteiger partial charge in [-0.1, -0.05) is 15.9 Å². The molecule has 17 heavy (non-hydrogen) atoms. The Labute approximate surface area is 119 Å². The summed E-state index contributed by atoms with van der Waals surface area (Å²) in [6, 6.07) is 8.14. The SMILES string of the molecule is Brc1cncc(-c2nc3ccc(Br)cc3s2)c1. The highest BCUT2D eigenvalue weighted by Gasteiger charge is 2.07. The third-order valence-electron chi connectivity index (χ3n) is 2.30. The number of thiazole rings is 1. The molecule has 0 atom stereocenters. The van der Waals surface area contributed by atoms with Crippen LogP contribution in [0, 0.1) is 0 Å². The topological polar surface area (TPSA) is 25.8 Å². The second-order valence-electron chi connectivity index (χ2n) is 3.52. The fourth-order valence-corrected chi connectivity index (χ4v) is 3.41. The molecule has 2 aromatic heterocycles. The molecule has 3 aromatic rings. The number of pyridine rings is 1. The van der Waals surface area contributed by atoms with Crippen molar-refractivity contribution in [1.82, 2.24) is 9.97 Å². The zero-order valence-corrected chi connectivity index (χ0v) is 12.5. The Morgan fingerprint density at radius 2 is 1.88 bits per heavy atom. The van der Waals surface area contributed by atoms with E-state index in [2.05, 4.69) is 47.9 Å². The van der Waals surface area contributed by atoms with Crippen LogP contribution in [0.2, 0.25) is 0 Å². The van der Waals surface area contributed by atoms with Crippen LogP contribution < -0.4 is 0 Å². The summed E-state index contributed by atoms with van der Waals surface area (Å²) < 4.78 is 3.22. The minimum atomic E-state index is 0.968. The Kier molecular flexibility index (Phi) is 2.98. The molecule has 0 fully saturated rings. The van der Waals surface area contributed by atoms with E-state index in [0.717, 1.165) is 25.0 Å². The lowest BCUT2D eigenvalue weighted by Crippen LogP contribution is -1.78. The predicted octanol–water partition coefficient (Wildman–Crippen LogP) is 4.88. The molecule has 2 nitrogen and oxygen atoms in total. The quantitative estimate of drug-likeness (QED) is 0.610. The molecule has 0 radical (unpaired) electrons. The molecule has 5 heteroatoms. The van der Waals surface area contributed by atoms with E-state index in [1.807, 2.05) is 24.4 Å². The van der Waals surface area contributed by atoms with Gasteiger partial charge in [-0.2, -0.15) is 0 Å². The zero-order valence-electron chi connectivity index (χ0n) is 8.52. The minimum absolute atomic E-state index is 0.968. The third kappa shape index (κ3) is 2.27. The molecule has 0 aliphatic rings. The van der Waals surface area contributed by atoms with Crippen LogP contribution in [0.5, 0.6) is 0 Å². The first-order valence-corrected chi connectivity index (χ1v) is 7.30. The van der Waals surface area contributed by atoms with Crippen LogP contribution in [0.25, 0.3) is 20.8 Å². The van der Waals surface area contributed by atoms with Crippen molar-refractivity contribution >= 4 is 53.4 Å². The third-order valence-corrected chi connectivity index (χ3v) is 4.30. The summed E-state index contributed by atoms with van der Waals surface area (Å²) in [4.78, 5) is 8.76. The van der Waals surface area contributed by atoms with Crippen LogP contribution in [0.4, 0.5) is 0 Å². The lowest BCUT2D eigenvalue weighted by atomic mass is 10.3. The van der Waals surface area contributed by atoms with Gasteiger partial charge in [-0.15, -0.1) is 11.3 Å². The molecule has 1 aromatic carbocycles. The summed E-state index contributed by atoms with van der Waals surface area (Å²) in [5, 5.41) is 0.993. The van der Waals surface area contributed by atoms with Crippen LogP contribution in [0.15, 0.2) is 45.6 Å². The van der Waals surface area contributed by atoms with Gasteiger partial charge in [0.05, 0.1) is 10.2 Å². The van der Waals surface area contributed by atoms with Crippen molar-refractivity contribution in [2.24, 2.45) is 0 Å². The summed E-state index contributed by atoms with van der Waals surface area (Å²) in [5.41, 5.74) is 2.06. The Morgan fingerprint density at radius 1 is 1.00 bits per heavy atom. The largest absolute Gasteiger partial charge is 0.263 e. The monoisotopic (exact) mass is 368 g/mol. The van der Waals surface area contributed by atoms with E-state index in [1.165, 1.54) is 4.70 Å². The van der Waals surface area contributed by atoms with Crippen LogP contribution in [-0.2, 0) is 0 Å². The summed E-state index contributed by atoms with van der Waals surface area (Å²) in [7, 11) is 0. The second kappa shape index (κ2) is 4.48. The van der Waals surface area contributed by atoms with Crippen molar-refractivity contribution in [2.75, 3.05) is 0 Å². The number of hydrogen-bond acceptors (Lipinski definition) is 3. The van der Waals surface area contributed by atoms with Crippen LogP contribution in [0.3, 0.4) is 0 Å². The lowest BCUT2D eigenvalue weighted by molar-refractivity contribution is 1.30. The number of aromatic nitrogens is 2. The first kappa shape index (κ1) is 11.3. The van der Waals surface area contributed by atoms with Gasteiger partial charge >= 0.3 is 0 Å². The van der Waals surface area contributed by atoms with Gasteiger partial charge in [0.15, 0.2) is 0 Å². The predicted molar refractivity (Wildman–Crippen MR) is 78.3 cm³/mol. The van der Waals surface area contributed by atoms with Gasteiger partial charge in [-0.05, 0) is 40.2 Å². The number of nitrogens with zero attached hydrogens (tertiary/aromatic N) is 2. The molecule has 2 heterocycles. The van der Waals surface area contributed by atoms with E-state index >= 15 is 0 Å². The molecule has 0 aliphatic heterocycles. The van der Waals surface area contributed by atoms with Gasteiger partial charge in [-0.25, -0.2) is 4.98 Å². The molecule has 3 rings (SSSR count). The fourth-order valence-electron chi connectivity index (χ4n) is 1.55. The van der Waals surface area contributed by atoms with Crippen molar-refractivity contribution in [3.8, 4) is 10.6 Å². The van der Waals surface area contributed by atoms with E-state index in [0.29, 0.717) is 0 Å². The van der Waals surface area contributed by atoms with E-state index in [4.69, 9.17) is 0 Å². The number of halogens is 2. The van der Waals surface area contributed by atoms with E-state index in [9.17, 15) is 0 Å². The second-order valence-corrected chi connectivity index (χ2v) is 6.38. The van der Waals surface area contributed by atoms with Crippen molar-refractivity contribution in [2.45, 2.75) is 0 Å². The van der Waals surface area contributed by atoms with E-state index < -0.39 is 0 Å². The smallest absolute Gasteiger partial charge is 0.126 e. The van der Waals surface area contributed by atoms with Crippen LogP contribution >= 0.6 is 43.2 Å². The maximum atomic E-state index is 4.60. The average Bonchev–Trinajstić information content (AvgIpc) is 2.72. The number of rotatable bonds is 1. The van der Waals surface area contributed by atoms with Gasteiger partial charge in [0.2, 0.25) is 0 Å². The van der Waals surface area contributed by atoms with Gasteiger partial charge in [0.1, 0.15) is 5.01 Å². The fraction of sp³-hybridized carbons (Fsp3) is 0. The Hall–Kier alpha value is -0.780. The van der Waals surface area contributed by atoms with Crippen LogP contribution in [0.1, 0.15) is 0 Å². The van der Waals surface area contributed by atoms with Gasteiger partial charge in [0.25, 0.3) is 0 Å². The highest BCUT2D eigenvalue weighted by Crippen LogP contribution is 2.32. The standard InChI is InChI=1S/C12H6Br2N2S/c13-8-1-2-10-11(4-8)17-12(16-10)7-3-9(14)6-15-5-7/h1-6H. The number of hydrogen-bond donors (Lipinski definition) is 0. The van der Waals surface area contributed by atoms with Crippen molar-refractivity contribution in [1.29, 1.82) is 0 Å². The minimum Gasteiger partial charge on any atom is -0.263 e. The van der Waals surface area contributed by atoms with Gasteiger partial charge in [0, 0.05) is 26.9 Å². The average molecular weight is 370 g/mol. The molecule has 0 N–H and O–H groups in total. The Balaban J connectivity index is 2.18. The molecule has 0 unspecified atom stereocenters. The normalized spacial score (nSPS) is 10.9. The van der Waals surface area contributed by atoms with Crippen molar-refractivity contribution in [3.05, 3.63) is 45.6 Å². The molecular weight excluding hydrogens is 364 g/mol. The molecule has 0 saturated heterocycles. The number of benzene rings is 1. The molecule has 0 saturated carbocycles. The highest BCUT2D eigenvalue weighted by atomic mass is 79.9. The van der Waals surface area contributed by atoms with Crippen molar-refractivity contribution in [3.63, 3.8) is 0 Å².